The molecule has 5 heteroatoms. The molecule has 4 nitrogen and oxygen atoms in total. The van der Waals surface area contributed by atoms with E-state index in [9.17, 15) is 0 Å². The molecule has 0 amide bonds. The normalized spacial score (nSPS) is 14.0. The Bertz CT molecular complexity index is 631. The van der Waals surface area contributed by atoms with E-state index in [2.05, 4.69) is 36.5 Å². The zero-order chi connectivity index (χ0) is 14.9. The van der Waals surface area contributed by atoms with Crippen molar-refractivity contribution in [1.82, 2.24) is 4.98 Å². The second kappa shape index (κ2) is 5.56. The average molecular weight is 304 g/mol. The van der Waals surface area contributed by atoms with Gasteiger partial charge in [0.2, 0.25) is 0 Å². The van der Waals surface area contributed by atoms with Crippen molar-refractivity contribution in [2.24, 2.45) is 0 Å². The molecule has 1 aliphatic rings. The number of aromatic nitrogens is 1. The summed E-state index contributed by atoms with van der Waals surface area (Å²) in [7, 11) is 0. The number of ether oxygens (including phenoxy) is 2. The SMILES string of the molecule is CC(C)(C)c1nc(CNc2ccc3c(c2)OCCO3)cs1. The van der Waals surface area contributed by atoms with Gasteiger partial charge in [-0.25, -0.2) is 4.98 Å². The van der Waals surface area contributed by atoms with Crippen LogP contribution in [0.1, 0.15) is 31.5 Å². The molecule has 1 aromatic heterocycles. The van der Waals surface area contributed by atoms with Gasteiger partial charge in [0, 0.05) is 22.5 Å². The second-order valence-corrected chi connectivity index (χ2v) is 6.96. The molecule has 1 N–H and O–H groups in total. The fraction of sp³-hybridized carbons (Fsp3) is 0.438. The van der Waals surface area contributed by atoms with Gasteiger partial charge in [-0.15, -0.1) is 11.3 Å². The second-order valence-electron chi connectivity index (χ2n) is 6.11. The number of benzene rings is 1. The maximum absolute atomic E-state index is 5.59. The third-order valence-corrected chi connectivity index (χ3v) is 4.53. The van der Waals surface area contributed by atoms with Crippen LogP contribution in [0, 0.1) is 0 Å². The molecule has 0 fully saturated rings. The van der Waals surface area contributed by atoms with E-state index in [1.165, 1.54) is 5.01 Å². The Balaban J connectivity index is 1.66. The molecule has 0 saturated heterocycles. The van der Waals surface area contributed by atoms with E-state index >= 15 is 0 Å². The summed E-state index contributed by atoms with van der Waals surface area (Å²) in [5, 5.41) is 6.67. The monoisotopic (exact) mass is 304 g/mol. The number of rotatable bonds is 3. The van der Waals surface area contributed by atoms with Crippen molar-refractivity contribution in [3.05, 3.63) is 34.3 Å². The smallest absolute Gasteiger partial charge is 0.163 e. The van der Waals surface area contributed by atoms with Crippen molar-refractivity contribution in [3.8, 4) is 11.5 Å². The van der Waals surface area contributed by atoms with E-state index < -0.39 is 0 Å². The molecule has 0 atom stereocenters. The van der Waals surface area contributed by atoms with E-state index in [0.717, 1.165) is 22.9 Å². The van der Waals surface area contributed by atoms with Gasteiger partial charge >= 0.3 is 0 Å². The van der Waals surface area contributed by atoms with E-state index in [-0.39, 0.29) is 5.41 Å². The Labute approximate surface area is 129 Å². The van der Waals surface area contributed by atoms with Crippen LogP contribution in [0.5, 0.6) is 11.5 Å². The number of anilines is 1. The summed E-state index contributed by atoms with van der Waals surface area (Å²) >= 11 is 1.72. The van der Waals surface area contributed by atoms with Gasteiger partial charge < -0.3 is 14.8 Å². The summed E-state index contributed by atoms with van der Waals surface area (Å²) in [4.78, 5) is 4.68. The van der Waals surface area contributed by atoms with Crippen LogP contribution in [0.4, 0.5) is 5.69 Å². The highest BCUT2D eigenvalue weighted by molar-refractivity contribution is 7.09. The lowest BCUT2D eigenvalue weighted by molar-refractivity contribution is 0.171. The van der Waals surface area contributed by atoms with Crippen LogP contribution in [0.3, 0.4) is 0 Å². The Morgan fingerprint density at radius 1 is 1.19 bits per heavy atom. The van der Waals surface area contributed by atoms with Crippen LogP contribution in [0.25, 0.3) is 0 Å². The van der Waals surface area contributed by atoms with Crippen LogP contribution in [0.15, 0.2) is 23.6 Å². The maximum atomic E-state index is 5.59. The summed E-state index contributed by atoms with van der Waals surface area (Å²) in [5.41, 5.74) is 2.20. The summed E-state index contributed by atoms with van der Waals surface area (Å²) in [6.07, 6.45) is 0. The van der Waals surface area contributed by atoms with E-state index in [1.807, 2.05) is 18.2 Å². The number of hydrogen-bond acceptors (Lipinski definition) is 5. The summed E-state index contributed by atoms with van der Waals surface area (Å²) in [5.74, 6) is 1.62. The zero-order valence-electron chi connectivity index (χ0n) is 12.6. The van der Waals surface area contributed by atoms with E-state index in [4.69, 9.17) is 9.47 Å². The molecule has 1 aliphatic heterocycles. The largest absolute Gasteiger partial charge is 0.486 e. The molecule has 3 rings (SSSR count). The lowest BCUT2D eigenvalue weighted by Gasteiger charge is -2.19. The van der Waals surface area contributed by atoms with Crippen LogP contribution in [0.2, 0.25) is 0 Å². The zero-order valence-corrected chi connectivity index (χ0v) is 13.4. The van der Waals surface area contributed by atoms with Gasteiger partial charge in [-0.1, -0.05) is 20.8 Å². The molecule has 1 aromatic carbocycles. The maximum Gasteiger partial charge on any atom is 0.163 e. The van der Waals surface area contributed by atoms with Crippen LogP contribution >= 0.6 is 11.3 Å². The van der Waals surface area contributed by atoms with Crippen molar-refractivity contribution in [1.29, 1.82) is 0 Å². The van der Waals surface area contributed by atoms with Gasteiger partial charge in [0.15, 0.2) is 11.5 Å². The Kier molecular flexibility index (Phi) is 3.76. The first kappa shape index (κ1) is 14.2. The third kappa shape index (κ3) is 3.29. The molecular weight excluding hydrogens is 284 g/mol. The first-order valence-corrected chi connectivity index (χ1v) is 7.99. The van der Waals surface area contributed by atoms with Gasteiger partial charge in [-0.2, -0.15) is 0 Å². The minimum Gasteiger partial charge on any atom is -0.486 e. The molecule has 0 spiro atoms. The first-order chi connectivity index (χ1) is 10.0. The summed E-state index contributed by atoms with van der Waals surface area (Å²) in [6.45, 7) is 8.50. The molecule has 0 bridgehead atoms. The lowest BCUT2D eigenvalue weighted by Crippen LogP contribution is -2.15. The minimum absolute atomic E-state index is 0.111. The number of nitrogens with one attached hydrogen (secondary N) is 1. The van der Waals surface area contributed by atoms with Gasteiger partial charge in [-0.3, -0.25) is 0 Å². The van der Waals surface area contributed by atoms with E-state index in [1.54, 1.807) is 11.3 Å². The molecule has 0 aliphatic carbocycles. The summed E-state index contributed by atoms with van der Waals surface area (Å²) < 4.78 is 11.1. The highest BCUT2D eigenvalue weighted by Gasteiger charge is 2.18. The van der Waals surface area contributed by atoms with Gasteiger partial charge in [-0.05, 0) is 12.1 Å². The highest BCUT2D eigenvalue weighted by Crippen LogP contribution is 2.33. The molecule has 2 heterocycles. The fourth-order valence-electron chi connectivity index (χ4n) is 2.08. The van der Waals surface area contributed by atoms with Crippen molar-refractivity contribution in [3.63, 3.8) is 0 Å². The Morgan fingerprint density at radius 3 is 2.67 bits per heavy atom. The minimum atomic E-state index is 0.111. The third-order valence-electron chi connectivity index (χ3n) is 3.21. The van der Waals surface area contributed by atoms with Crippen molar-refractivity contribution in [2.75, 3.05) is 18.5 Å². The average Bonchev–Trinajstić information content (AvgIpc) is 2.94. The quantitative estimate of drug-likeness (QED) is 0.936. The number of hydrogen-bond donors (Lipinski definition) is 1. The molecule has 0 radical (unpaired) electrons. The molecular formula is C16H20N2O2S. The van der Waals surface area contributed by atoms with Crippen molar-refractivity contribution < 1.29 is 9.47 Å². The predicted molar refractivity (Wildman–Crippen MR) is 85.6 cm³/mol. The molecule has 2 aromatic rings. The number of nitrogens with zero attached hydrogens (tertiary/aromatic N) is 1. The lowest BCUT2D eigenvalue weighted by atomic mass is 9.98. The molecule has 0 saturated carbocycles. The van der Waals surface area contributed by atoms with E-state index in [0.29, 0.717) is 19.8 Å². The predicted octanol–water partition coefficient (Wildman–Crippen LogP) is 3.82. The topological polar surface area (TPSA) is 43.4 Å². The highest BCUT2D eigenvalue weighted by atomic mass is 32.1. The molecule has 0 unspecified atom stereocenters. The van der Waals surface area contributed by atoms with Gasteiger partial charge in [0.05, 0.1) is 17.2 Å². The van der Waals surface area contributed by atoms with Crippen LogP contribution < -0.4 is 14.8 Å². The number of thiazole rings is 1. The Morgan fingerprint density at radius 2 is 1.95 bits per heavy atom. The first-order valence-electron chi connectivity index (χ1n) is 7.11. The molecule has 21 heavy (non-hydrogen) atoms. The van der Waals surface area contributed by atoms with Gasteiger partial charge in [0.25, 0.3) is 0 Å². The number of fused-ring (bicyclic) bond motifs is 1. The van der Waals surface area contributed by atoms with Crippen LogP contribution in [-0.4, -0.2) is 18.2 Å². The molecule has 112 valence electrons. The Hall–Kier alpha value is -1.75. The van der Waals surface area contributed by atoms with Crippen molar-refractivity contribution >= 4 is 17.0 Å². The van der Waals surface area contributed by atoms with Crippen LogP contribution in [-0.2, 0) is 12.0 Å². The standard InChI is InChI=1S/C16H20N2O2S/c1-16(2,3)15-18-12(10-21-15)9-17-11-4-5-13-14(8-11)20-7-6-19-13/h4-5,8,10,17H,6-7,9H2,1-3H3. The van der Waals surface area contributed by atoms with Crippen molar-refractivity contribution in [2.45, 2.75) is 32.7 Å². The van der Waals surface area contributed by atoms with Gasteiger partial charge in [0.1, 0.15) is 13.2 Å². The fourth-order valence-corrected chi connectivity index (χ4v) is 2.99. The summed E-state index contributed by atoms with van der Waals surface area (Å²) in [6, 6.07) is 5.93.